The number of ether oxygens (including phenoxy) is 1. The summed E-state index contributed by atoms with van der Waals surface area (Å²) < 4.78 is 6.99. The second-order valence-corrected chi connectivity index (χ2v) is 6.45. The number of rotatable bonds is 5. The monoisotopic (exact) mass is 389 g/mol. The van der Waals surface area contributed by atoms with Gasteiger partial charge < -0.3 is 35.6 Å². The molecular weight excluding hydrogens is 370 g/mol. The number of nitrogens with one attached hydrogen (secondary N) is 1. The van der Waals surface area contributed by atoms with E-state index < -0.39 is 31.1 Å². The molecule has 3 heterocycles. The zero-order valence-corrected chi connectivity index (χ0v) is 14.5. The first-order valence-electron chi connectivity index (χ1n) is 8.54. The predicted molar refractivity (Wildman–Crippen MR) is 95.4 cm³/mol. The molecular formula is C17H19N5O6. The summed E-state index contributed by atoms with van der Waals surface area (Å²) in [6.45, 7) is -0.122. The maximum absolute atomic E-state index is 10.2. The van der Waals surface area contributed by atoms with Crippen LogP contribution in [-0.2, 0) is 11.3 Å². The summed E-state index contributed by atoms with van der Waals surface area (Å²) in [4.78, 5) is 12.6. The van der Waals surface area contributed by atoms with Crippen molar-refractivity contribution in [3.05, 3.63) is 36.4 Å². The first kappa shape index (κ1) is 18.4. The van der Waals surface area contributed by atoms with Crippen LogP contribution >= 0.6 is 0 Å². The standard InChI is InChI=1S/C17H19N5O6/c23-5-11-13(26)14(27)17(28-11)22-7-21-12-15(19-6-20-16(12)22)18-4-8-1-2-9(24)10(25)3-8/h1-3,6-7,11,13-14,17,23-27H,4-5H2,(H,18,19,20)/t11-,13-,14-,17?/m1/s1. The number of phenols is 2. The molecule has 0 aliphatic carbocycles. The van der Waals surface area contributed by atoms with Gasteiger partial charge >= 0.3 is 0 Å². The van der Waals surface area contributed by atoms with Crippen molar-refractivity contribution < 1.29 is 30.3 Å². The predicted octanol–water partition coefficient (Wildman–Crippen LogP) is -0.539. The summed E-state index contributed by atoms with van der Waals surface area (Å²) in [5.41, 5.74) is 1.51. The third-order valence-corrected chi connectivity index (χ3v) is 4.65. The Morgan fingerprint density at radius 1 is 1.07 bits per heavy atom. The zero-order valence-electron chi connectivity index (χ0n) is 14.5. The molecule has 0 saturated carbocycles. The smallest absolute Gasteiger partial charge is 0.167 e. The normalized spacial score (nSPS) is 24.7. The van der Waals surface area contributed by atoms with Gasteiger partial charge in [0.1, 0.15) is 24.6 Å². The van der Waals surface area contributed by atoms with Crippen LogP contribution in [0.3, 0.4) is 0 Å². The lowest BCUT2D eigenvalue weighted by atomic mass is 10.1. The Balaban J connectivity index is 1.59. The van der Waals surface area contributed by atoms with Crippen molar-refractivity contribution in [2.45, 2.75) is 31.1 Å². The van der Waals surface area contributed by atoms with E-state index in [1.807, 2.05) is 0 Å². The average molecular weight is 389 g/mol. The Hall–Kier alpha value is -2.99. The summed E-state index contributed by atoms with van der Waals surface area (Å²) in [5, 5.41) is 51.5. The molecule has 6 N–H and O–H groups in total. The van der Waals surface area contributed by atoms with E-state index in [0.717, 1.165) is 0 Å². The van der Waals surface area contributed by atoms with E-state index in [0.29, 0.717) is 29.1 Å². The van der Waals surface area contributed by atoms with Crippen LogP contribution in [0, 0.1) is 0 Å². The molecule has 0 radical (unpaired) electrons. The number of phenolic OH excluding ortho intramolecular Hbond substituents is 2. The van der Waals surface area contributed by atoms with Crippen molar-refractivity contribution in [3.8, 4) is 11.5 Å². The highest BCUT2D eigenvalue weighted by Gasteiger charge is 2.44. The van der Waals surface area contributed by atoms with Crippen LogP contribution in [0.4, 0.5) is 5.82 Å². The fraction of sp³-hybridized carbons (Fsp3) is 0.353. The number of aliphatic hydroxyl groups excluding tert-OH is 3. The lowest BCUT2D eigenvalue weighted by molar-refractivity contribution is -0.0511. The van der Waals surface area contributed by atoms with Gasteiger partial charge in [0.05, 0.1) is 12.9 Å². The number of aromatic nitrogens is 4. The van der Waals surface area contributed by atoms with Crippen LogP contribution in [-0.4, -0.2) is 70.0 Å². The van der Waals surface area contributed by atoms with Gasteiger partial charge in [-0.25, -0.2) is 15.0 Å². The number of aliphatic hydroxyl groups is 3. The van der Waals surface area contributed by atoms with Crippen LogP contribution in [0.5, 0.6) is 11.5 Å². The van der Waals surface area contributed by atoms with Crippen LogP contribution in [0.15, 0.2) is 30.9 Å². The highest BCUT2D eigenvalue weighted by Crippen LogP contribution is 2.32. The number of benzene rings is 1. The Morgan fingerprint density at radius 3 is 2.61 bits per heavy atom. The molecule has 0 bridgehead atoms. The van der Waals surface area contributed by atoms with Crippen molar-refractivity contribution >= 4 is 17.0 Å². The Labute approximate surface area is 158 Å². The summed E-state index contributed by atoms with van der Waals surface area (Å²) in [6.07, 6.45) is -1.60. The fourth-order valence-corrected chi connectivity index (χ4v) is 3.14. The fourth-order valence-electron chi connectivity index (χ4n) is 3.14. The summed E-state index contributed by atoms with van der Waals surface area (Å²) in [6, 6.07) is 4.47. The van der Waals surface area contributed by atoms with Crippen molar-refractivity contribution in [3.63, 3.8) is 0 Å². The highest BCUT2D eigenvalue weighted by molar-refractivity contribution is 5.82. The van der Waals surface area contributed by atoms with Crippen LogP contribution in [0.25, 0.3) is 11.2 Å². The zero-order chi connectivity index (χ0) is 19.8. The van der Waals surface area contributed by atoms with Crippen molar-refractivity contribution in [1.82, 2.24) is 19.5 Å². The van der Waals surface area contributed by atoms with Gasteiger partial charge in [0.2, 0.25) is 0 Å². The minimum absolute atomic E-state index is 0.203. The highest BCUT2D eigenvalue weighted by atomic mass is 16.6. The molecule has 1 aliphatic rings. The van der Waals surface area contributed by atoms with E-state index in [2.05, 4.69) is 20.3 Å². The molecule has 11 heteroatoms. The van der Waals surface area contributed by atoms with Gasteiger partial charge in [-0.1, -0.05) is 6.07 Å². The molecule has 11 nitrogen and oxygen atoms in total. The Morgan fingerprint density at radius 2 is 1.89 bits per heavy atom. The second-order valence-electron chi connectivity index (χ2n) is 6.45. The lowest BCUT2D eigenvalue weighted by Crippen LogP contribution is -2.33. The number of fused-ring (bicyclic) bond motifs is 1. The maximum Gasteiger partial charge on any atom is 0.167 e. The van der Waals surface area contributed by atoms with E-state index >= 15 is 0 Å². The molecule has 148 valence electrons. The third kappa shape index (κ3) is 3.10. The van der Waals surface area contributed by atoms with E-state index in [4.69, 9.17) is 4.74 Å². The molecule has 4 rings (SSSR count). The van der Waals surface area contributed by atoms with Gasteiger partial charge in [0.25, 0.3) is 0 Å². The molecule has 2 aromatic heterocycles. The molecule has 1 aromatic carbocycles. The first-order chi connectivity index (χ1) is 13.5. The Kier molecular flexibility index (Phi) is 4.73. The number of aromatic hydroxyl groups is 2. The number of anilines is 1. The molecule has 1 fully saturated rings. The van der Waals surface area contributed by atoms with Crippen molar-refractivity contribution in [2.75, 3.05) is 11.9 Å². The maximum atomic E-state index is 10.2. The molecule has 0 amide bonds. The molecule has 1 unspecified atom stereocenters. The number of hydrogen-bond acceptors (Lipinski definition) is 10. The summed E-state index contributed by atoms with van der Waals surface area (Å²) in [7, 11) is 0. The number of hydrogen-bond donors (Lipinski definition) is 6. The molecule has 4 atom stereocenters. The van der Waals surface area contributed by atoms with E-state index in [9.17, 15) is 25.5 Å². The van der Waals surface area contributed by atoms with Gasteiger partial charge in [0, 0.05) is 6.54 Å². The van der Waals surface area contributed by atoms with Crippen LogP contribution < -0.4 is 5.32 Å². The van der Waals surface area contributed by atoms with E-state index in [1.165, 1.54) is 29.4 Å². The quantitative estimate of drug-likeness (QED) is 0.312. The van der Waals surface area contributed by atoms with Crippen LogP contribution in [0.2, 0.25) is 0 Å². The van der Waals surface area contributed by atoms with Crippen molar-refractivity contribution in [1.29, 1.82) is 0 Å². The topological polar surface area (TPSA) is 166 Å². The van der Waals surface area contributed by atoms with E-state index in [1.54, 1.807) is 6.07 Å². The van der Waals surface area contributed by atoms with Gasteiger partial charge in [-0.3, -0.25) is 4.57 Å². The SMILES string of the molecule is OC[C@H]1OC(n2cnc3c(NCc4ccc(O)c(O)c4)ncnc32)[C@H](O)[C@@H]1O. The minimum atomic E-state index is -1.25. The summed E-state index contributed by atoms with van der Waals surface area (Å²) in [5.74, 6) is -0.00533. The molecule has 28 heavy (non-hydrogen) atoms. The van der Waals surface area contributed by atoms with Gasteiger partial charge in [-0.2, -0.15) is 0 Å². The molecule has 0 spiro atoms. The number of nitrogens with zero attached hydrogens (tertiary/aromatic N) is 4. The lowest BCUT2D eigenvalue weighted by Gasteiger charge is -2.16. The molecule has 3 aromatic rings. The van der Waals surface area contributed by atoms with Gasteiger partial charge in [0.15, 0.2) is 34.7 Å². The number of imidazole rings is 1. The molecule has 1 aliphatic heterocycles. The summed E-state index contributed by atoms with van der Waals surface area (Å²) >= 11 is 0. The van der Waals surface area contributed by atoms with E-state index in [-0.39, 0.29) is 11.5 Å². The largest absolute Gasteiger partial charge is 0.504 e. The van der Waals surface area contributed by atoms with Gasteiger partial charge in [-0.05, 0) is 17.7 Å². The first-order valence-corrected chi connectivity index (χ1v) is 8.54. The van der Waals surface area contributed by atoms with Crippen LogP contribution in [0.1, 0.15) is 11.8 Å². The van der Waals surface area contributed by atoms with Crippen molar-refractivity contribution in [2.24, 2.45) is 0 Å². The minimum Gasteiger partial charge on any atom is -0.504 e. The average Bonchev–Trinajstić information content (AvgIpc) is 3.24. The van der Waals surface area contributed by atoms with Gasteiger partial charge in [-0.15, -0.1) is 0 Å². The molecule has 1 saturated heterocycles. The third-order valence-electron chi connectivity index (χ3n) is 4.65. The second kappa shape index (κ2) is 7.20. The Bertz CT molecular complexity index is 995.